The van der Waals surface area contributed by atoms with Crippen LogP contribution >= 0.6 is 21.6 Å². The van der Waals surface area contributed by atoms with Crippen LogP contribution in [0.25, 0.3) is 0 Å². The van der Waals surface area contributed by atoms with E-state index in [1.54, 1.807) is 0 Å². The second-order valence-electron chi connectivity index (χ2n) is 4.54. The summed E-state index contributed by atoms with van der Waals surface area (Å²) >= 11 is 0. The molecular weight excluding hydrogens is 326 g/mol. The van der Waals surface area contributed by atoms with E-state index >= 15 is 0 Å². The Morgan fingerprint density at radius 3 is 2.45 bits per heavy atom. The van der Waals surface area contributed by atoms with E-state index in [1.807, 2.05) is 21.6 Å². The number of carbonyl (C=O) groups is 1. The Balaban J connectivity index is 0.000000409. The molecule has 0 amide bonds. The minimum absolute atomic E-state index is 0.233. The smallest absolute Gasteiger partial charge is 0.303 e. The number of aliphatic hydroxyl groups excluding tert-OH is 1. The van der Waals surface area contributed by atoms with Gasteiger partial charge in [0.1, 0.15) is 5.76 Å². The Kier molecular flexibility index (Phi) is 11.4. The maximum Gasteiger partial charge on any atom is 0.303 e. The summed E-state index contributed by atoms with van der Waals surface area (Å²) in [7, 11) is 3.92. The number of unbranched alkanes of at least 4 members (excludes halogenated alkanes) is 1. The van der Waals surface area contributed by atoms with Gasteiger partial charge < -0.3 is 10.2 Å². The van der Waals surface area contributed by atoms with Crippen molar-refractivity contribution in [2.75, 3.05) is 5.75 Å². The number of rotatable bonds is 8. The van der Waals surface area contributed by atoms with E-state index in [1.165, 1.54) is 18.6 Å². The summed E-state index contributed by atoms with van der Waals surface area (Å²) in [5, 5.41) is 27.5. The topological polar surface area (TPSA) is 101 Å². The van der Waals surface area contributed by atoms with Crippen LogP contribution in [-0.2, 0) is 4.79 Å². The monoisotopic (exact) mass is 347 g/mol. The SMILES string of the molecule is C=C(O)C=CC(=C)[N+](=O)[O-].O=C(O)CCCCC1CCSS1. The zero-order chi connectivity index (χ0) is 17.0. The van der Waals surface area contributed by atoms with Crippen LogP contribution in [0.3, 0.4) is 0 Å². The molecule has 0 aliphatic carbocycles. The van der Waals surface area contributed by atoms with Crippen LogP contribution in [0.5, 0.6) is 0 Å². The number of carboxylic acids is 1. The lowest BCUT2D eigenvalue weighted by Gasteiger charge is -2.04. The molecule has 0 spiro atoms. The highest BCUT2D eigenvalue weighted by atomic mass is 33.1. The number of hydrogen-bond donors (Lipinski definition) is 2. The first-order valence-electron chi connectivity index (χ1n) is 6.72. The highest BCUT2D eigenvalue weighted by Crippen LogP contribution is 2.39. The predicted molar refractivity (Wildman–Crippen MR) is 91.6 cm³/mol. The molecule has 1 aliphatic heterocycles. The number of allylic oxidation sites excluding steroid dienone is 2. The van der Waals surface area contributed by atoms with Crippen molar-refractivity contribution in [3.05, 3.63) is 46.9 Å². The third-order valence-corrected chi connectivity index (χ3v) is 5.60. The van der Waals surface area contributed by atoms with Crippen molar-refractivity contribution in [2.24, 2.45) is 0 Å². The Bertz CT molecular complexity index is 431. The minimum atomic E-state index is -0.663. The minimum Gasteiger partial charge on any atom is -0.509 e. The van der Waals surface area contributed by atoms with E-state index in [0.717, 1.165) is 30.2 Å². The van der Waals surface area contributed by atoms with Crippen molar-refractivity contribution >= 4 is 27.6 Å². The Labute approximate surface area is 137 Å². The fourth-order valence-electron chi connectivity index (χ4n) is 1.47. The molecule has 1 fully saturated rings. The van der Waals surface area contributed by atoms with Gasteiger partial charge in [0.2, 0.25) is 0 Å². The highest BCUT2D eigenvalue weighted by Gasteiger charge is 2.15. The number of nitro groups is 1. The van der Waals surface area contributed by atoms with Crippen LogP contribution in [0.2, 0.25) is 0 Å². The standard InChI is InChI=1S/C8H14O2S2.C6H7NO3/c9-8(10)4-2-1-3-7-5-6-11-12-7;1-5(7(9)10)3-4-6(2)8/h7H,1-6H2,(H,9,10);3-4,8H,1-2H2. The maximum absolute atomic E-state index is 10.2. The second kappa shape index (κ2) is 12.2. The van der Waals surface area contributed by atoms with Gasteiger partial charge in [-0.15, -0.1) is 0 Å². The summed E-state index contributed by atoms with van der Waals surface area (Å²) in [6, 6.07) is 0. The van der Waals surface area contributed by atoms with Crippen LogP contribution in [0, 0.1) is 10.1 Å². The molecule has 2 N–H and O–H groups in total. The summed E-state index contributed by atoms with van der Waals surface area (Å²) in [5.41, 5.74) is -0.282. The van der Waals surface area contributed by atoms with E-state index in [0.29, 0.717) is 6.42 Å². The second-order valence-corrected chi connectivity index (χ2v) is 7.33. The summed E-state index contributed by atoms with van der Waals surface area (Å²) < 4.78 is 0. The third kappa shape index (κ3) is 12.3. The average molecular weight is 347 g/mol. The van der Waals surface area contributed by atoms with Gasteiger partial charge >= 0.3 is 5.97 Å². The first kappa shape index (κ1) is 20.6. The molecule has 1 aliphatic rings. The fourth-order valence-corrected chi connectivity index (χ4v) is 4.49. The quantitative estimate of drug-likeness (QED) is 0.169. The molecule has 1 saturated heterocycles. The molecule has 22 heavy (non-hydrogen) atoms. The zero-order valence-corrected chi connectivity index (χ0v) is 13.9. The van der Waals surface area contributed by atoms with E-state index < -0.39 is 10.9 Å². The van der Waals surface area contributed by atoms with Gasteiger partial charge in [-0.05, 0) is 31.9 Å². The fraction of sp³-hybridized carbons (Fsp3) is 0.500. The lowest BCUT2D eigenvalue weighted by Crippen LogP contribution is -1.99. The number of carboxylic acid groups (broad SMARTS) is 1. The van der Waals surface area contributed by atoms with Crippen LogP contribution in [-0.4, -0.2) is 32.1 Å². The van der Waals surface area contributed by atoms with Crippen molar-refractivity contribution in [3.8, 4) is 0 Å². The van der Waals surface area contributed by atoms with Crippen molar-refractivity contribution in [1.82, 2.24) is 0 Å². The largest absolute Gasteiger partial charge is 0.509 e. The summed E-state index contributed by atoms with van der Waals surface area (Å²) in [6.45, 7) is 6.18. The first-order valence-corrected chi connectivity index (χ1v) is 9.10. The van der Waals surface area contributed by atoms with Gasteiger partial charge in [-0.25, -0.2) is 0 Å². The first-order chi connectivity index (χ1) is 10.3. The number of nitrogens with zero attached hydrogens (tertiary/aromatic N) is 1. The van der Waals surface area contributed by atoms with Crippen LogP contribution in [0.4, 0.5) is 0 Å². The molecular formula is C14H21NO5S2. The van der Waals surface area contributed by atoms with Gasteiger partial charge in [0.15, 0.2) is 0 Å². The van der Waals surface area contributed by atoms with E-state index in [-0.39, 0.29) is 11.5 Å². The lowest BCUT2D eigenvalue weighted by molar-refractivity contribution is -0.418. The predicted octanol–water partition coefficient (Wildman–Crippen LogP) is 4.19. The van der Waals surface area contributed by atoms with Crippen LogP contribution in [0.15, 0.2) is 36.8 Å². The number of aliphatic hydroxyl groups is 1. The summed E-state index contributed by atoms with van der Waals surface area (Å²) in [5.74, 6) is 0.375. The average Bonchev–Trinajstić information content (AvgIpc) is 2.94. The van der Waals surface area contributed by atoms with Gasteiger partial charge in [-0.2, -0.15) is 0 Å². The summed E-state index contributed by atoms with van der Waals surface area (Å²) in [6.07, 6.45) is 6.94. The third-order valence-electron chi connectivity index (χ3n) is 2.60. The van der Waals surface area contributed by atoms with Crippen molar-refractivity contribution in [2.45, 2.75) is 37.4 Å². The van der Waals surface area contributed by atoms with Crippen LogP contribution < -0.4 is 0 Å². The van der Waals surface area contributed by atoms with Gasteiger partial charge in [0, 0.05) is 23.5 Å². The Morgan fingerprint density at radius 1 is 1.32 bits per heavy atom. The number of hydrogen-bond acceptors (Lipinski definition) is 6. The van der Waals surface area contributed by atoms with Crippen molar-refractivity contribution in [3.63, 3.8) is 0 Å². The molecule has 0 aromatic heterocycles. The molecule has 1 heterocycles. The van der Waals surface area contributed by atoms with Gasteiger partial charge in [0.25, 0.3) is 5.70 Å². The maximum atomic E-state index is 10.2. The van der Waals surface area contributed by atoms with Gasteiger partial charge in [-0.3, -0.25) is 14.9 Å². The molecule has 0 bridgehead atoms. The molecule has 0 aromatic carbocycles. The number of aliphatic carboxylic acids is 1. The molecule has 1 unspecified atom stereocenters. The molecule has 0 aromatic rings. The molecule has 1 rings (SSSR count). The Hall–Kier alpha value is -1.41. The molecule has 124 valence electrons. The van der Waals surface area contributed by atoms with Gasteiger partial charge in [-0.1, -0.05) is 34.6 Å². The molecule has 1 atom stereocenters. The Morgan fingerprint density at radius 2 is 2.00 bits per heavy atom. The van der Waals surface area contributed by atoms with E-state index in [4.69, 9.17) is 10.2 Å². The lowest BCUT2D eigenvalue weighted by atomic mass is 10.1. The van der Waals surface area contributed by atoms with Crippen molar-refractivity contribution < 1.29 is 19.9 Å². The zero-order valence-electron chi connectivity index (χ0n) is 12.3. The van der Waals surface area contributed by atoms with Crippen LogP contribution in [0.1, 0.15) is 32.1 Å². The molecule has 8 heteroatoms. The van der Waals surface area contributed by atoms with E-state index in [9.17, 15) is 14.9 Å². The van der Waals surface area contributed by atoms with E-state index in [2.05, 4.69) is 13.2 Å². The summed E-state index contributed by atoms with van der Waals surface area (Å²) in [4.78, 5) is 19.4. The molecule has 6 nitrogen and oxygen atoms in total. The molecule has 0 saturated carbocycles. The van der Waals surface area contributed by atoms with Gasteiger partial charge in [0.05, 0.1) is 4.92 Å². The van der Waals surface area contributed by atoms with Crippen molar-refractivity contribution in [1.29, 1.82) is 0 Å². The normalized spacial score (nSPS) is 16.8. The highest BCUT2D eigenvalue weighted by molar-refractivity contribution is 8.77. The molecule has 0 radical (unpaired) electrons.